The van der Waals surface area contributed by atoms with Crippen LogP contribution in [-0.4, -0.2) is 48.4 Å². The van der Waals surface area contributed by atoms with E-state index in [0.717, 1.165) is 32.6 Å². The Balaban J connectivity index is 1.71. The van der Waals surface area contributed by atoms with Gasteiger partial charge in [0.1, 0.15) is 5.01 Å². The molecule has 2 saturated heterocycles. The zero-order valence-electron chi connectivity index (χ0n) is 10.0. The first-order chi connectivity index (χ1) is 8.36. The number of rotatable bonds is 3. The second kappa shape index (κ2) is 5.02. The summed E-state index contributed by atoms with van der Waals surface area (Å²) >= 11 is 1.74. The monoisotopic (exact) mass is 254 g/mol. The zero-order chi connectivity index (χ0) is 11.7. The highest BCUT2D eigenvalue weighted by molar-refractivity contribution is 7.09. The van der Waals surface area contributed by atoms with Crippen molar-refractivity contribution in [3.63, 3.8) is 0 Å². The van der Waals surface area contributed by atoms with Crippen LogP contribution in [0.4, 0.5) is 0 Å². The van der Waals surface area contributed by atoms with E-state index >= 15 is 0 Å². The molecule has 0 radical (unpaired) electrons. The molecule has 3 heterocycles. The molecule has 2 aliphatic heterocycles. The van der Waals surface area contributed by atoms with Crippen molar-refractivity contribution < 1.29 is 9.47 Å². The van der Waals surface area contributed by atoms with E-state index in [1.54, 1.807) is 11.3 Å². The summed E-state index contributed by atoms with van der Waals surface area (Å²) in [6.07, 6.45) is 4.45. The van der Waals surface area contributed by atoms with E-state index in [-0.39, 0.29) is 0 Å². The van der Waals surface area contributed by atoms with Crippen LogP contribution in [0, 0.1) is 0 Å². The third-order valence-electron chi connectivity index (χ3n) is 3.76. The van der Waals surface area contributed by atoms with Gasteiger partial charge in [-0.15, -0.1) is 11.3 Å². The van der Waals surface area contributed by atoms with Gasteiger partial charge >= 0.3 is 0 Å². The van der Waals surface area contributed by atoms with Crippen LogP contribution in [0.25, 0.3) is 0 Å². The molecule has 2 bridgehead atoms. The van der Waals surface area contributed by atoms with E-state index in [4.69, 9.17) is 9.47 Å². The molecule has 17 heavy (non-hydrogen) atoms. The van der Waals surface area contributed by atoms with Gasteiger partial charge in [0.25, 0.3) is 0 Å². The third-order valence-corrected chi connectivity index (χ3v) is 4.53. The first-order valence-corrected chi connectivity index (χ1v) is 6.99. The van der Waals surface area contributed by atoms with Gasteiger partial charge in [0.05, 0.1) is 25.9 Å². The van der Waals surface area contributed by atoms with E-state index in [1.165, 1.54) is 5.01 Å². The molecule has 2 atom stereocenters. The molecule has 0 amide bonds. The lowest BCUT2D eigenvalue weighted by Gasteiger charge is -2.47. The number of hydrogen-bond acceptors (Lipinski definition) is 5. The highest BCUT2D eigenvalue weighted by Crippen LogP contribution is 2.30. The lowest BCUT2D eigenvalue weighted by atomic mass is 9.92. The number of piperidine rings is 1. The Morgan fingerprint density at radius 3 is 2.82 bits per heavy atom. The largest absolute Gasteiger partial charge is 0.381 e. The van der Waals surface area contributed by atoms with E-state index in [9.17, 15) is 0 Å². The highest BCUT2D eigenvalue weighted by Gasteiger charge is 2.39. The number of aromatic nitrogens is 1. The number of morpholine rings is 1. The van der Waals surface area contributed by atoms with Gasteiger partial charge in [-0.3, -0.25) is 4.90 Å². The standard InChI is InChI=1S/C12H18N2O2S/c1-15-11-4-9-7-16-8-10(5-11)14(9)6-12-13-2-3-17-12/h2-3,9-11H,4-8H2,1H3. The third kappa shape index (κ3) is 2.38. The number of hydrogen-bond donors (Lipinski definition) is 0. The Labute approximate surface area is 106 Å². The lowest BCUT2D eigenvalue weighted by molar-refractivity contribution is -0.115. The van der Waals surface area contributed by atoms with Gasteiger partial charge in [0.2, 0.25) is 0 Å². The lowest BCUT2D eigenvalue weighted by Crippen LogP contribution is -2.57. The summed E-state index contributed by atoms with van der Waals surface area (Å²) in [7, 11) is 1.82. The molecule has 2 unspecified atom stereocenters. The van der Waals surface area contributed by atoms with Gasteiger partial charge in [-0.2, -0.15) is 0 Å². The van der Waals surface area contributed by atoms with Gasteiger partial charge < -0.3 is 9.47 Å². The molecule has 0 aliphatic carbocycles. The number of fused-ring (bicyclic) bond motifs is 2. The van der Waals surface area contributed by atoms with Crippen molar-refractivity contribution >= 4 is 11.3 Å². The summed E-state index contributed by atoms with van der Waals surface area (Å²) in [4.78, 5) is 6.94. The molecule has 1 aromatic rings. The van der Waals surface area contributed by atoms with Crippen LogP contribution in [0.1, 0.15) is 17.8 Å². The first-order valence-electron chi connectivity index (χ1n) is 6.11. The molecule has 0 saturated carbocycles. The van der Waals surface area contributed by atoms with Crippen molar-refractivity contribution in [2.45, 2.75) is 37.6 Å². The maximum absolute atomic E-state index is 5.66. The van der Waals surface area contributed by atoms with Gasteiger partial charge in [-0.05, 0) is 12.8 Å². The maximum atomic E-state index is 5.66. The minimum absolute atomic E-state index is 0.404. The molecule has 2 fully saturated rings. The van der Waals surface area contributed by atoms with Gasteiger partial charge in [0.15, 0.2) is 0 Å². The Morgan fingerprint density at radius 1 is 1.47 bits per heavy atom. The first kappa shape index (κ1) is 11.6. The van der Waals surface area contributed by atoms with E-state index in [1.807, 2.05) is 18.7 Å². The number of nitrogens with zero attached hydrogens (tertiary/aromatic N) is 2. The number of methoxy groups -OCH3 is 1. The van der Waals surface area contributed by atoms with Gasteiger partial charge in [0, 0.05) is 30.8 Å². The van der Waals surface area contributed by atoms with Crippen LogP contribution in [0.5, 0.6) is 0 Å². The molecule has 5 heteroatoms. The van der Waals surface area contributed by atoms with Crippen molar-refractivity contribution in [1.82, 2.24) is 9.88 Å². The van der Waals surface area contributed by atoms with Crippen LogP contribution in [0.15, 0.2) is 11.6 Å². The Kier molecular flexibility index (Phi) is 3.42. The Morgan fingerprint density at radius 2 is 2.24 bits per heavy atom. The number of thiazole rings is 1. The average Bonchev–Trinajstić information content (AvgIpc) is 2.81. The molecule has 4 nitrogen and oxygen atoms in total. The summed E-state index contributed by atoms with van der Waals surface area (Å²) < 4.78 is 11.2. The molecule has 3 rings (SSSR count). The topological polar surface area (TPSA) is 34.6 Å². The Hall–Kier alpha value is -0.490. The van der Waals surface area contributed by atoms with Crippen molar-refractivity contribution in [2.75, 3.05) is 20.3 Å². The predicted octanol–water partition coefficient (Wildman–Crippen LogP) is 1.52. The number of ether oxygens (including phenoxy) is 2. The molecular weight excluding hydrogens is 236 g/mol. The van der Waals surface area contributed by atoms with Crippen LogP contribution < -0.4 is 0 Å². The molecule has 94 valence electrons. The minimum Gasteiger partial charge on any atom is -0.381 e. The highest BCUT2D eigenvalue weighted by atomic mass is 32.1. The minimum atomic E-state index is 0.404. The normalized spacial score (nSPS) is 33.8. The summed E-state index contributed by atoms with van der Waals surface area (Å²) in [5.41, 5.74) is 0. The molecule has 0 spiro atoms. The fourth-order valence-electron chi connectivity index (χ4n) is 2.88. The van der Waals surface area contributed by atoms with E-state index in [0.29, 0.717) is 18.2 Å². The van der Waals surface area contributed by atoms with Crippen molar-refractivity contribution in [3.05, 3.63) is 16.6 Å². The van der Waals surface area contributed by atoms with Gasteiger partial charge in [-0.25, -0.2) is 4.98 Å². The molecule has 0 N–H and O–H groups in total. The molecule has 2 aliphatic rings. The van der Waals surface area contributed by atoms with Crippen molar-refractivity contribution in [2.24, 2.45) is 0 Å². The van der Waals surface area contributed by atoms with Crippen molar-refractivity contribution in [3.8, 4) is 0 Å². The second-order valence-electron chi connectivity index (χ2n) is 4.77. The fourth-order valence-corrected chi connectivity index (χ4v) is 3.50. The average molecular weight is 254 g/mol. The van der Waals surface area contributed by atoms with Crippen LogP contribution in [0.2, 0.25) is 0 Å². The molecule has 0 aromatic carbocycles. The smallest absolute Gasteiger partial charge is 0.107 e. The zero-order valence-corrected chi connectivity index (χ0v) is 10.9. The summed E-state index contributed by atoms with van der Waals surface area (Å²) in [5, 5.41) is 3.25. The SMILES string of the molecule is COC1CC2COCC(C1)N2Cc1nccs1. The second-order valence-corrected chi connectivity index (χ2v) is 5.75. The van der Waals surface area contributed by atoms with Crippen LogP contribution >= 0.6 is 11.3 Å². The van der Waals surface area contributed by atoms with E-state index in [2.05, 4.69) is 9.88 Å². The summed E-state index contributed by atoms with van der Waals surface area (Å²) in [5.74, 6) is 0. The van der Waals surface area contributed by atoms with Crippen LogP contribution in [-0.2, 0) is 16.0 Å². The van der Waals surface area contributed by atoms with E-state index < -0.39 is 0 Å². The fraction of sp³-hybridized carbons (Fsp3) is 0.750. The molecular formula is C12H18N2O2S. The van der Waals surface area contributed by atoms with Gasteiger partial charge in [-0.1, -0.05) is 0 Å². The van der Waals surface area contributed by atoms with Crippen LogP contribution in [0.3, 0.4) is 0 Å². The summed E-state index contributed by atoms with van der Waals surface area (Å²) in [6, 6.07) is 0.993. The molecule has 1 aromatic heterocycles. The van der Waals surface area contributed by atoms with Crippen molar-refractivity contribution in [1.29, 1.82) is 0 Å². The maximum Gasteiger partial charge on any atom is 0.107 e. The Bertz CT molecular complexity index is 343. The predicted molar refractivity (Wildman–Crippen MR) is 66.1 cm³/mol. The summed E-state index contributed by atoms with van der Waals surface area (Å²) in [6.45, 7) is 2.64. The quantitative estimate of drug-likeness (QED) is 0.819.